The molecular weight excluding hydrogens is 722 g/mol. The number of oxime groups is 1. The van der Waals surface area contributed by atoms with E-state index < -0.39 is 39.5 Å². The van der Waals surface area contributed by atoms with Crippen LogP contribution in [0.1, 0.15) is 22.4 Å². The number of carboxylic acid groups (broad SMARTS) is 1. The number of fused-ring (bicyclic) bond motifs is 1. The second-order valence-corrected chi connectivity index (χ2v) is 15.3. The second kappa shape index (κ2) is 16.1. The van der Waals surface area contributed by atoms with E-state index in [4.69, 9.17) is 20.0 Å². The van der Waals surface area contributed by atoms with Crippen LogP contribution in [0.4, 0.5) is 5.13 Å². The summed E-state index contributed by atoms with van der Waals surface area (Å²) in [5, 5.41) is 21.0. The summed E-state index contributed by atoms with van der Waals surface area (Å²) in [5.41, 5.74) is 7.01. The van der Waals surface area contributed by atoms with Gasteiger partial charge in [0, 0.05) is 40.1 Å². The molecule has 12 nitrogen and oxygen atoms in total. The number of nitrogens with two attached hydrogens (primary N) is 1. The molecule has 3 aromatic carbocycles. The molecule has 7 rings (SSSR count). The summed E-state index contributed by atoms with van der Waals surface area (Å²) in [4.78, 5) is 52.3. The number of thioether (sulfide) groups is 2. The van der Waals surface area contributed by atoms with E-state index in [2.05, 4.69) is 15.5 Å². The fraction of sp³-hybridized carbons (Fsp3) is 0.286. The Balaban J connectivity index is 0.00000448. The molecule has 1 aromatic heterocycles. The van der Waals surface area contributed by atoms with Gasteiger partial charge < -0.3 is 40.2 Å². The van der Waals surface area contributed by atoms with Gasteiger partial charge in [0.05, 0.1) is 23.4 Å². The van der Waals surface area contributed by atoms with Crippen LogP contribution in [-0.2, 0) is 34.3 Å². The number of carbonyl (C=O) groups excluding carboxylic acids is 3. The summed E-state index contributed by atoms with van der Waals surface area (Å²) in [6.45, 7) is 0.489. The maximum absolute atomic E-state index is 14.1. The number of rotatable bonds is 12. The van der Waals surface area contributed by atoms with Crippen molar-refractivity contribution in [2.24, 2.45) is 5.16 Å². The van der Waals surface area contributed by atoms with Crippen molar-refractivity contribution in [2.45, 2.75) is 27.9 Å². The summed E-state index contributed by atoms with van der Waals surface area (Å²) in [5.74, 6) is -1.79. The minimum absolute atomic E-state index is 0. The van der Waals surface area contributed by atoms with Crippen LogP contribution in [0.5, 0.6) is 0 Å². The number of benzene rings is 3. The summed E-state index contributed by atoms with van der Waals surface area (Å²) in [7, 11) is 0. The number of aromatic nitrogens is 1. The number of ether oxygens (including phenoxy) is 2. The molecule has 4 aromatic rings. The molecule has 0 radical (unpaired) electrons. The molecule has 0 aliphatic carbocycles. The smallest absolute Gasteiger partial charge is 0.549 e. The predicted octanol–water partition coefficient (Wildman–Crippen LogP) is -0.563. The van der Waals surface area contributed by atoms with E-state index in [0.717, 1.165) is 28.0 Å². The van der Waals surface area contributed by atoms with E-state index in [9.17, 15) is 19.5 Å². The Labute approximate surface area is 328 Å². The average Bonchev–Trinajstić information content (AvgIpc) is 3.84. The fourth-order valence-corrected chi connectivity index (χ4v) is 9.66. The third kappa shape index (κ3) is 7.44. The van der Waals surface area contributed by atoms with Crippen LogP contribution in [-0.4, -0.2) is 87.1 Å². The summed E-state index contributed by atoms with van der Waals surface area (Å²) in [6, 6.07) is 27.8. The number of aliphatic carboxylic acids is 1. The normalized spacial score (nSPS) is 23.1. The summed E-state index contributed by atoms with van der Waals surface area (Å²) >= 11 is 3.61. The van der Waals surface area contributed by atoms with Gasteiger partial charge in [-0.2, -0.15) is 0 Å². The monoisotopic (exact) mass is 753 g/mol. The largest absolute Gasteiger partial charge is 1.00 e. The van der Waals surface area contributed by atoms with Crippen molar-refractivity contribution in [2.75, 3.05) is 37.2 Å². The van der Waals surface area contributed by atoms with Gasteiger partial charge in [0.2, 0.25) is 11.5 Å². The van der Waals surface area contributed by atoms with Gasteiger partial charge in [-0.15, -0.1) is 34.9 Å². The molecule has 3 aliphatic rings. The Kier molecular flexibility index (Phi) is 11.8. The number of carbonyl (C=O) groups is 3. The third-order valence-electron chi connectivity index (χ3n) is 8.74. The SMILES string of the molecule is Nc1nc(C(=NOC(c2ccccc2)(c2ccccc2)c2ccccc2)C(=O)NC2C(=O)N3CC(SCC4COCO4)(C(=O)[O-])CS[C@H]23)cs1.[Na+]. The second-order valence-electron chi connectivity index (χ2n) is 11.9. The third-order valence-corrected chi connectivity index (χ3v) is 12.7. The number of nitrogens with one attached hydrogen (secondary N) is 1. The number of thiazole rings is 1. The van der Waals surface area contributed by atoms with Crippen molar-refractivity contribution in [3.8, 4) is 0 Å². The number of nitrogen functional groups attached to an aromatic ring is 1. The topological polar surface area (TPSA) is 168 Å². The van der Waals surface area contributed by atoms with Crippen LogP contribution < -0.4 is 45.7 Å². The number of amides is 2. The molecule has 3 N–H and O–H groups in total. The van der Waals surface area contributed by atoms with Crippen molar-refractivity contribution < 1.29 is 63.4 Å². The van der Waals surface area contributed by atoms with Gasteiger partial charge in [-0.3, -0.25) is 9.59 Å². The maximum atomic E-state index is 14.1. The van der Waals surface area contributed by atoms with E-state index in [1.807, 2.05) is 91.0 Å². The average molecular weight is 754 g/mol. The molecule has 0 saturated carbocycles. The van der Waals surface area contributed by atoms with E-state index in [-0.39, 0.29) is 71.3 Å². The summed E-state index contributed by atoms with van der Waals surface area (Å²) < 4.78 is 9.36. The predicted molar refractivity (Wildman–Crippen MR) is 189 cm³/mol. The van der Waals surface area contributed by atoms with Gasteiger partial charge in [0.25, 0.3) is 5.91 Å². The number of β-lactam (4-membered cyclic amide) rings is 1. The number of nitrogens with zero attached hydrogens (tertiary/aromatic N) is 3. The molecule has 51 heavy (non-hydrogen) atoms. The van der Waals surface area contributed by atoms with Crippen molar-refractivity contribution in [1.29, 1.82) is 0 Å². The van der Waals surface area contributed by atoms with Gasteiger partial charge in [-0.1, -0.05) is 96.2 Å². The number of carboxylic acids is 1. The van der Waals surface area contributed by atoms with Crippen molar-refractivity contribution in [3.05, 3.63) is 119 Å². The first-order valence-electron chi connectivity index (χ1n) is 15.7. The standard InChI is InChI=1S/C35H33N5O7S3.Na/c36-33-37-26(18-48-33)27(39-47-35(22-10-4-1-5-11-22,23-12-6-2-7-13-23)24-14-8-3-9-15-24)29(41)38-28-30(42)40-19-34(32(43)44,20-49-31(28)40)50-17-25-16-45-21-46-25;/h1-15,18,25,28,31H,16-17,19-21H2,(H2,36,37)(H,38,41)(H,43,44);/q;+1/p-1/t25?,28?,31-,34?;/m1./s1. The maximum Gasteiger partial charge on any atom is 1.00 e. The minimum atomic E-state index is -1.33. The van der Waals surface area contributed by atoms with Gasteiger partial charge in [-0.25, -0.2) is 4.98 Å². The van der Waals surface area contributed by atoms with Crippen molar-refractivity contribution in [3.63, 3.8) is 0 Å². The molecule has 3 saturated heterocycles. The molecular formula is C35H32N5NaO7S3. The number of hydrogen-bond donors (Lipinski definition) is 2. The van der Waals surface area contributed by atoms with Crippen LogP contribution >= 0.6 is 34.9 Å². The zero-order chi connectivity index (χ0) is 34.7. The molecule has 2 amide bonds. The zero-order valence-corrected chi connectivity index (χ0v) is 32.0. The van der Waals surface area contributed by atoms with E-state index >= 15 is 0 Å². The van der Waals surface area contributed by atoms with E-state index in [1.54, 1.807) is 5.38 Å². The van der Waals surface area contributed by atoms with Crippen LogP contribution in [0.2, 0.25) is 0 Å². The van der Waals surface area contributed by atoms with E-state index in [0.29, 0.717) is 12.4 Å². The Morgan fingerprint density at radius 1 is 1.06 bits per heavy atom. The van der Waals surface area contributed by atoms with Gasteiger partial charge >= 0.3 is 29.6 Å². The van der Waals surface area contributed by atoms with Gasteiger partial charge in [-0.05, 0) is 0 Å². The molecule has 0 spiro atoms. The van der Waals surface area contributed by atoms with Crippen LogP contribution in [0, 0.1) is 0 Å². The van der Waals surface area contributed by atoms with E-state index in [1.165, 1.54) is 28.4 Å². The molecule has 4 atom stereocenters. The zero-order valence-electron chi connectivity index (χ0n) is 27.5. The Morgan fingerprint density at radius 2 is 1.67 bits per heavy atom. The molecule has 0 bridgehead atoms. The molecule has 258 valence electrons. The van der Waals surface area contributed by atoms with Crippen LogP contribution in [0.3, 0.4) is 0 Å². The molecule has 3 fully saturated rings. The summed E-state index contributed by atoms with van der Waals surface area (Å²) in [6.07, 6.45) is -0.234. The fourth-order valence-electron chi connectivity index (χ4n) is 6.14. The Hall–Kier alpha value is -3.41. The first-order chi connectivity index (χ1) is 24.3. The van der Waals surface area contributed by atoms with Crippen LogP contribution in [0.15, 0.2) is 102 Å². The first-order valence-corrected chi connectivity index (χ1v) is 18.6. The number of hydrogen-bond acceptors (Lipinski definition) is 13. The van der Waals surface area contributed by atoms with Gasteiger partial charge in [0.1, 0.15) is 23.9 Å². The minimum Gasteiger partial charge on any atom is -0.549 e. The number of anilines is 1. The van der Waals surface area contributed by atoms with Crippen LogP contribution in [0.25, 0.3) is 0 Å². The molecule has 3 aliphatic heterocycles. The molecule has 4 heterocycles. The first kappa shape index (κ1) is 37.4. The molecule has 3 unspecified atom stereocenters. The van der Waals surface area contributed by atoms with Crippen molar-refractivity contribution >= 4 is 63.5 Å². The van der Waals surface area contributed by atoms with Gasteiger partial charge in [0.15, 0.2) is 10.8 Å². The quantitative estimate of drug-likeness (QED) is 0.0626. The Bertz CT molecular complexity index is 1790. The molecule has 16 heteroatoms. The Morgan fingerprint density at radius 3 is 2.18 bits per heavy atom. The van der Waals surface area contributed by atoms with Crippen molar-refractivity contribution in [1.82, 2.24) is 15.2 Å².